The molecule has 1 saturated heterocycles. The van der Waals surface area contributed by atoms with Gasteiger partial charge in [0, 0.05) is 19.6 Å². The number of piperidine rings is 1. The Labute approximate surface area is 155 Å². The minimum absolute atomic E-state index is 0.228. The third kappa shape index (κ3) is 3.76. The van der Waals surface area contributed by atoms with E-state index in [0.717, 1.165) is 37.7 Å². The maximum Gasteiger partial charge on any atom is 0.243 e. The van der Waals surface area contributed by atoms with Gasteiger partial charge in [0.1, 0.15) is 5.41 Å². The molecule has 0 unspecified atom stereocenters. The van der Waals surface area contributed by atoms with Gasteiger partial charge in [0.2, 0.25) is 15.9 Å². The number of benzene rings is 1. The number of hydrogen-bond acceptors (Lipinski definition) is 4. The molecule has 140 valence electrons. The average Bonchev–Trinajstić information content (AvgIpc) is 3.17. The fourth-order valence-electron chi connectivity index (χ4n) is 3.79. The van der Waals surface area contributed by atoms with Crippen molar-refractivity contribution in [1.82, 2.24) is 9.62 Å². The van der Waals surface area contributed by atoms with Crippen LogP contribution in [0.1, 0.15) is 50.5 Å². The zero-order valence-electron chi connectivity index (χ0n) is 14.9. The SMILES string of the molecule is N#CC1(C(=O)NCc2cccc(S(=O)(=O)N3CCCCC3)c2)CCCC1. The zero-order valence-corrected chi connectivity index (χ0v) is 15.7. The molecule has 1 aliphatic carbocycles. The third-order valence-corrected chi connectivity index (χ3v) is 7.30. The molecule has 26 heavy (non-hydrogen) atoms. The van der Waals surface area contributed by atoms with Crippen molar-refractivity contribution in [3.63, 3.8) is 0 Å². The number of nitriles is 1. The van der Waals surface area contributed by atoms with E-state index < -0.39 is 15.4 Å². The second kappa shape index (κ2) is 7.77. The predicted molar refractivity (Wildman–Crippen MR) is 97.4 cm³/mol. The molecule has 7 heteroatoms. The summed E-state index contributed by atoms with van der Waals surface area (Å²) in [6, 6.07) is 8.90. The van der Waals surface area contributed by atoms with E-state index in [9.17, 15) is 18.5 Å². The molecular weight excluding hydrogens is 350 g/mol. The molecule has 0 atom stereocenters. The lowest BCUT2D eigenvalue weighted by atomic mass is 9.87. The van der Waals surface area contributed by atoms with Crippen molar-refractivity contribution >= 4 is 15.9 Å². The van der Waals surface area contributed by atoms with Crippen molar-refractivity contribution in [2.45, 2.75) is 56.4 Å². The number of amides is 1. The van der Waals surface area contributed by atoms with Crippen molar-refractivity contribution < 1.29 is 13.2 Å². The lowest BCUT2D eigenvalue weighted by Gasteiger charge is -2.26. The summed E-state index contributed by atoms with van der Waals surface area (Å²) >= 11 is 0. The van der Waals surface area contributed by atoms with Crippen LogP contribution < -0.4 is 5.32 Å². The van der Waals surface area contributed by atoms with Gasteiger partial charge < -0.3 is 5.32 Å². The Hall–Kier alpha value is -1.91. The lowest BCUT2D eigenvalue weighted by Crippen LogP contribution is -2.38. The molecule has 0 spiro atoms. The second-order valence-electron chi connectivity index (χ2n) is 7.20. The summed E-state index contributed by atoms with van der Waals surface area (Å²) in [4.78, 5) is 12.7. The second-order valence-corrected chi connectivity index (χ2v) is 9.13. The van der Waals surface area contributed by atoms with E-state index in [4.69, 9.17) is 0 Å². The predicted octanol–water partition coefficient (Wildman–Crippen LogP) is 2.56. The standard InChI is InChI=1S/C19H25N3O3S/c20-15-19(9-2-3-10-19)18(23)21-14-16-7-6-8-17(13-16)26(24,25)22-11-4-1-5-12-22/h6-8,13H,1-5,9-12,14H2,(H,21,23). The van der Waals surface area contributed by atoms with Gasteiger partial charge >= 0.3 is 0 Å². The van der Waals surface area contributed by atoms with Crippen LogP contribution in [0.2, 0.25) is 0 Å². The molecule has 2 fully saturated rings. The average molecular weight is 375 g/mol. The Balaban J connectivity index is 1.70. The van der Waals surface area contributed by atoms with Gasteiger partial charge in [-0.3, -0.25) is 4.79 Å². The van der Waals surface area contributed by atoms with Gasteiger partial charge in [0.15, 0.2) is 0 Å². The summed E-state index contributed by atoms with van der Waals surface area (Å²) in [6.07, 6.45) is 5.84. The first kappa shape index (κ1) is 18.9. The molecule has 3 rings (SSSR count). The van der Waals surface area contributed by atoms with Crippen LogP contribution in [0.25, 0.3) is 0 Å². The molecule has 0 radical (unpaired) electrons. The highest BCUT2D eigenvalue weighted by atomic mass is 32.2. The van der Waals surface area contributed by atoms with Gasteiger partial charge in [-0.05, 0) is 43.4 Å². The molecule has 1 aromatic rings. The van der Waals surface area contributed by atoms with E-state index in [1.165, 1.54) is 4.31 Å². The van der Waals surface area contributed by atoms with Gasteiger partial charge in [0.05, 0.1) is 11.0 Å². The number of hydrogen-bond donors (Lipinski definition) is 1. The fraction of sp³-hybridized carbons (Fsp3) is 0.579. The Morgan fingerprint density at radius 1 is 1.15 bits per heavy atom. The van der Waals surface area contributed by atoms with Crippen molar-refractivity contribution in [1.29, 1.82) is 5.26 Å². The first-order valence-electron chi connectivity index (χ1n) is 9.27. The third-order valence-electron chi connectivity index (χ3n) is 5.41. The largest absolute Gasteiger partial charge is 0.351 e. The molecule has 1 saturated carbocycles. The minimum Gasteiger partial charge on any atom is -0.351 e. The van der Waals surface area contributed by atoms with Gasteiger partial charge in [0.25, 0.3) is 0 Å². The highest BCUT2D eigenvalue weighted by molar-refractivity contribution is 7.89. The maximum absolute atomic E-state index is 12.8. The number of nitrogens with one attached hydrogen (secondary N) is 1. The quantitative estimate of drug-likeness (QED) is 0.856. The molecule has 1 aliphatic heterocycles. The van der Waals surface area contributed by atoms with E-state index in [2.05, 4.69) is 11.4 Å². The summed E-state index contributed by atoms with van der Waals surface area (Å²) in [7, 11) is -3.49. The molecular formula is C19H25N3O3S. The van der Waals surface area contributed by atoms with E-state index in [1.807, 2.05) is 0 Å². The Bertz CT molecular complexity index is 802. The van der Waals surface area contributed by atoms with E-state index in [1.54, 1.807) is 24.3 Å². The van der Waals surface area contributed by atoms with Crippen molar-refractivity contribution in [3.05, 3.63) is 29.8 Å². The van der Waals surface area contributed by atoms with Crippen LogP contribution >= 0.6 is 0 Å². The van der Waals surface area contributed by atoms with E-state index >= 15 is 0 Å². The molecule has 6 nitrogen and oxygen atoms in total. The van der Waals surface area contributed by atoms with Crippen LogP contribution in [0.5, 0.6) is 0 Å². The van der Waals surface area contributed by atoms with Crippen LogP contribution in [0.3, 0.4) is 0 Å². The van der Waals surface area contributed by atoms with Crippen molar-refractivity contribution in [2.24, 2.45) is 5.41 Å². The van der Waals surface area contributed by atoms with E-state index in [0.29, 0.717) is 25.9 Å². The molecule has 1 heterocycles. The van der Waals surface area contributed by atoms with Crippen LogP contribution in [0, 0.1) is 16.7 Å². The summed E-state index contributed by atoms with van der Waals surface area (Å²) in [5.74, 6) is -0.248. The molecule has 0 bridgehead atoms. The molecule has 1 aromatic carbocycles. The van der Waals surface area contributed by atoms with Crippen LogP contribution in [0.4, 0.5) is 0 Å². The van der Waals surface area contributed by atoms with Gasteiger partial charge in [-0.2, -0.15) is 9.57 Å². The topological polar surface area (TPSA) is 90.3 Å². The highest BCUT2D eigenvalue weighted by Gasteiger charge is 2.41. The van der Waals surface area contributed by atoms with Crippen LogP contribution in [-0.2, 0) is 21.4 Å². The summed E-state index contributed by atoms with van der Waals surface area (Å²) in [5, 5.41) is 12.2. The Morgan fingerprint density at radius 3 is 2.50 bits per heavy atom. The van der Waals surface area contributed by atoms with Gasteiger partial charge in [-0.1, -0.05) is 31.4 Å². The number of nitrogens with zero attached hydrogens (tertiary/aromatic N) is 2. The minimum atomic E-state index is -3.49. The summed E-state index contributed by atoms with van der Waals surface area (Å²) in [5.41, 5.74) is -0.195. The molecule has 2 aliphatic rings. The normalized spacial score (nSPS) is 20.4. The summed E-state index contributed by atoms with van der Waals surface area (Å²) < 4.78 is 27.1. The highest BCUT2D eigenvalue weighted by Crippen LogP contribution is 2.37. The van der Waals surface area contributed by atoms with Crippen molar-refractivity contribution in [3.8, 4) is 6.07 Å². The van der Waals surface area contributed by atoms with Gasteiger partial charge in [-0.15, -0.1) is 0 Å². The summed E-state index contributed by atoms with van der Waals surface area (Å²) in [6.45, 7) is 1.35. The zero-order chi connectivity index (χ0) is 18.6. The number of carbonyl (C=O) groups excluding carboxylic acids is 1. The molecule has 1 amide bonds. The van der Waals surface area contributed by atoms with Crippen LogP contribution in [0.15, 0.2) is 29.2 Å². The first-order chi connectivity index (χ1) is 12.5. The van der Waals surface area contributed by atoms with Crippen molar-refractivity contribution in [2.75, 3.05) is 13.1 Å². The monoisotopic (exact) mass is 375 g/mol. The molecule has 1 N–H and O–H groups in total. The maximum atomic E-state index is 12.8. The Morgan fingerprint density at radius 2 is 1.85 bits per heavy atom. The lowest BCUT2D eigenvalue weighted by molar-refractivity contribution is -0.128. The van der Waals surface area contributed by atoms with Crippen LogP contribution in [-0.4, -0.2) is 31.7 Å². The molecule has 0 aromatic heterocycles. The Kier molecular flexibility index (Phi) is 5.64. The number of carbonyl (C=O) groups is 1. The first-order valence-corrected chi connectivity index (χ1v) is 10.7. The number of rotatable bonds is 5. The fourth-order valence-corrected chi connectivity index (χ4v) is 5.38. The van der Waals surface area contributed by atoms with Gasteiger partial charge in [-0.25, -0.2) is 8.42 Å². The van der Waals surface area contributed by atoms with E-state index in [-0.39, 0.29) is 17.3 Å². The smallest absolute Gasteiger partial charge is 0.243 e. The number of sulfonamides is 1.